The first-order valence-electron chi connectivity index (χ1n) is 8.45. The van der Waals surface area contributed by atoms with Crippen molar-refractivity contribution in [2.75, 3.05) is 19.6 Å². The van der Waals surface area contributed by atoms with Gasteiger partial charge in [-0.1, -0.05) is 20.8 Å². The van der Waals surface area contributed by atoms with Crippen molar-refractivity contribution < 1.29 is 4.79 Å². The summed E-state index contributed by atoms with van der Waals surface area (Å²) in [5.41, 5.74) is 0.400. The normalized spacial score (nSPS) is 31.2. The minimum Gasteiger partial charge on any atom is -0.356 e. The van der Waals surface area contributed by atoms with Crippen LogP contribution in [0.4, 0.5) is 0 Å². The van der Waals surface area contributed by atoms with Crippen LogP contribution in [-0.2, 0) is 4.79 Å². The molecule has 116 valence electrons. The molecule has 0 spiro atoms. The first-order chi connectivity index (χ1) is 9.47. The van der Waals surface area contributed by atoms with Gasteiger partial charge in [-0.15, -0.1) is 0 Å². The molecule has 3 heteroatoms. The Morgan fingerprint density at radius 1 is 1.15 bits per heavy atom. The van der Waals surface area contributed by atoms with Crippen LogP contribution >= 0.6 is 0 Å². The fourth-order valence-electron chi connectivity index (χ4n) is 3.73. The van der Waals surface area contributed by atoms with Gasteiger partial charge in [-0.25, -0.2) is 0 Å². The van der Waals surface area contributed by atoms with Gasteiger partial charge in [0.2, 0.25) is 5.91 Å². The van der Waals surface area contributed by atoms with Crippen LogP contribution < -0.4 is 10.6 Å². The molecule has 1 atom stereocenters. The molecule has 1 saturated heterocycles. The molecule has 0 aromatic heterocycles. The Morgan fingerprint density at radius 3 is 2.40 bits per heavy atom. The summed E-state index contributed by atoms with van der Waals surface area (Å²) in [6.07, 6.45) is 7.00. The smallest absolute Gasteiger partial charge is 0.223 e. The Bertz CT molecular complexity index is 307. The molecule has 0 aromatic rings. The van der Waals surface area contributed by atoms with Crippen molar-refractivity contribution >= 4 is 5.91 Å². The van der Waals surface area contributed by atoms with Crippen LogP contribution in [0.1, 0.15) is 59.3 Å². The van der Waals surface area contributed by atoms with E-state index in [0.717, 1.165) is 50.7 Å². The maximum absolute atomic E-state index is 12.2. The first kappa shape index (κ1) is 15.8. The minimum absolute atomic E-state index is 0.273. The van der Waals surface area contributed by atoms with E-state index in [2.05, 4.69) is 31.4 Å². The monoisotopic (exact) mass is 280 g/mol. The van der Waals surface area contributed by atoms with Crippen LogP contribution in [0.2, 0.25) is 0 Å². The Balaban J connectivity index is 1.64. The zero-order valence-electron chi connectivity index (χ0n) is 13.5. The third kappa shape index (κ3) is 4.47. The average molecular weight is 280 g/mol. The van der Waals surface area contributed by atoms with Gasteiger partial charge < -0.3 is 10.6 Å². The van der Waals surface area contributed by atoms with E-state index in [1.165, 1.54) is 19.3 Å². The zero-order valence-corrected chi connectivity index (χ0v) is 13.5. The molecule has 2 aliphatic rings. The van der Waals surface area contributed by atoms with Gasteiger partial charge in [-0.05, 0) is 68.9 Å². The van der Waals surface area contributed by atoms with Crippen molar-refractivity contribution in [1.82, 2.24) is 10.6 Å². The highest BCUT2D eigenvalue weighted by Crippen LogP contribution is 2.39. The number of carbonyl (C=O) groups excluding carboxylic acids is 1. The maximum atomic E-state index is 12.2. The Labute approximate surface area is 124 Å². The second kappa shape index (κ2) is 6.93. The van der Waals surface area contributed by atoms with Gasteiger partial charge in [0.25, 0.3) is 0 Å². The highest BCUT2D eigenvalue weighted by molar-refractivity contribution is 5.78. The van der Waals surface area contributed by atoms with Crippen LogP contribution in [0.3, 0.4) is 0 Å². The predicted octanol–water partition coefficient (Wildman–Crippen LogP) is 2.95. The summed E-state index contributed by atoms with van der Waals surface area (Å²) < 4.78 is 0. The van der Waals surface area contributed by atoms with Crippen molar-refractivity contribution in [3.05, 3.63) is 0 Å². The van der Waals surface area contributed by atoms with Gasteiger partial charge in [0.05, 0.1) is 0 Å². The molecule has 1 heterocycles. The van der Waals surface area contributed by atoms with Gasteiger partial charge in [0.15, 0.2) is 0 Å². The third-order valence-corrected chi connectivity index (χ3v) is 5.34. The van der Waals surface area contributed by atoms with Crippen molar-refractivity contribution in [2.45, 2.75) is 59.3 Å². The van der Waals surface area contributed by atoms with Crippen LogP contribution in [0.5, 0.6) is 0 Å². The van der Waals surface area contributed by atoms with Crippen LogP contribution in [0.25, 0.3) is 0 Å². The van der Waals surface area contributed by atoms with Crippen molar-refractivity contribution in [2.24, 2.45) is 23.2 Å². The summed E-state index contributed by atoms with van der Waals surface area (Å²) in [4.78, 5) is 12.2. The number of hydrogen-bond donors (Lipinski definition) is 2. The Kier molecular flexibility index (Phi) is 5.48. The van der Waals surface area contributed by atoms with Gasteiger partial charge in [0, 0.05) is 12.5 Å². The topological polar surface area (TPSA) is 41.1 Å². The van der Waals surface area contributed by atoms with Crippen molar-refractivity contribution in [3.63, 3.8) is 0 Å². The van der Waals surface area contributed by atoms with Crippen LogP contribution in [0, 0.1) is 23.2 Å². The summed E-state index contributed by atoms with van der Waals surface area (Å²) in [7, 11) is 0. The van der Waals surface area contributed by atoms with Gasteiger partial charge in [-0.3, -0.25) is 4.79 Å². The van der Waals surface area contributed by atoms with Crippen LogP contribution in [-0.4, -0.2) is 25.5 Å². The quantitative estimate of drug-likeness (QED) is 0.831. The second-order valence-corrected chi connectivity index (χ2v) is 7.85. The van der Waals surface area contributed by atoms with E-state index in [-0.39, 0.29) is 5.92 Å². The molecule has 2 rings (SSSR count). The Morgan fingerprint density at radius 2 is 1.85 bits per heavy atom. The molecule has 20 heavy (non-hydrogen) atoms. The molecule has 2 fully saturated rings. The average Bonchev–Trinajstić information content (AvgIpc) is 2.91. The summed E-state index contributed by atoms with van der Waals surface area (Å²) in [6, 6.07) is 0. The number of carbonyl (C=O) groups is 1. The molecular formula is C17H32N2O. The largest absolute Gasteiger partial charge is 0.356 e. The maximum Gasteiger partial charge on any atom is 0.223 e. The lowest BCUT2D eigenvalue weighted by atomic mass is 9.69. The van der Waals surface area contributed by atoms with E-state index in [0.29, 0.717) is 11.3 Å². The summed E-state index contributed by atoms with van der Waals surface area (Å²) in [5.74, 6) is 2.14. The highest BCUT2D eigenvalue weighted by Gasteiger charge is 2.32. The molecule has 1 unspecified atom stereocenters. The third-order valence-electron chi connectivity index (χ3n) is 5.34. The van der Waals surface area contributed by atoms with Crippen molar-refractivity contribution in [3.8, 4) is 0 Å². The van der Waals surface area contributed by atoms with E-state index in [4.69, 9.17) is 0 Å². The predicted molar refractivity (Wildman–Crippen MR) is 83.5 cm³/mol. The number of nitrogens with one attached hydrogen (secondary N) is 2. The van der Waals surface area contributed by atoms with E-state index >= 15 is 0 Å². The van der Waals surface area contributed by atoms with E-state index < -0.39 is 0 Å². The lowest BCUT2D eigenvalue weighted by Gasteiger charge is -2.36. The van der Waals surface area contributed by atoms with Crippen LogP contribution in [0.15, 0.2) is 0 Å². The molecule has 1 aliphatic heterocycles. The van der Waals surface area contributed by atoms with Gasteiger partial charge in [0.1, 0.15) is 0 Å². The second-order valence-electron chi connectivity index (χ2n) is 7.85. The van der Waals surface area contributed by atoms with E-state index in [9.17, 15) is 4.79 Å². The van der Waals surface area contributed by atoms with E-state index in [1.54, 1.807) is 0 Å². The van der Waals surface area contributed by atoms with E-state index in [1.807, 2.05) is 0 Å². The molecule has 1 saturated carbocycles. The minimum atomic E-state index is 0.273. The first-order valence-corrected chi connectivity index (χ1v) is 8.45. The molecule has 0 bridgehead atoms. The molecular weight excluding hydrogens is 248 g/mol. The summed E-state index contributed by atoms with van der Waals surface area (Å²) >= 11 is 0. The molecule has 3 nitrogen and oxygen atoms in total. The summed E-state index contributed by atoms with van der Waals surface area (Å²) in [5, 5.41) is 6.55. The molecule has 2 N–H and O–H groups in total. The SMILES string of the molecule is CC(C)(C)C1CCC(C(=O)NCCC2CCNC2)CC1. The highest BCUT2D eigenvalue weighted by atomic mass is 16.1. The lowest BCUT2D eigenvalue weighted by molar-refractivity contribution is -0.126. The zero-order chi connectivity index (χ0) is 14.6. The summed E-state index contributed by atoms with van der Waals surface area (Å²) in [6.45, 7) is 10.1. The number of hydrogen-bond acceptors (Lipinski definition) is 2. The molecule has 1 aliphatic carbocycles. The molecule has 0 aromatic carbocycles. The van der Waals surface area contributed by atoms with Gasteiger partial charge in [-0.2, -0.15) is 0 Å². The standard InChI is InChI=1S/C17H32N2O/c1-17(2,3)15-6-4-14(5-7-15)16(20)19-11-9-13-8-10-18-12-13/h13-15,18H,4-12H2,1-3H3,(H,19,20). The molecule has 0 radical (unpaired) electrons. The van der Waals surface area contributed by atoms with Crippen molar-refractivity contribution in [1.29, 1.82) is 0 Å². The molecule has 1 amide bonds. The fraction of sp³-hybridized carbons (Fsp3) is 0.941. The lowest BCUT2D eigenvalue weighted by Crippen LogP contribution is -2.36. The van der Waals surface area contributed by atoms with Gasteiger partial charge >= 0.3 is 0 Å². The number of amides is 1. The fourth-order valence-corrected chi connectivity index (χ4v) is 3.73. The number of rotatable bonds is 4. The Hall–Kier alpha value is -0.570.